The molecule has 0 aromatic carbocycles. The van der Waals surface area contributed by atoms with E-state index in [1.54, 1.807) is 0 Å². The maximum absolute atomic E-state index is 5.15. The number of nitrogens with zero attached hydrogens (tertiary/aromatic N) is 1. The zero-order valence-electron chi connectivity index (χ0n) is 5.31. The number of likely N-dealkylation sites (N-methyl/N-ethyl adjacent to an activating group) is 1. The molecule has 45 valence electrons. The summed E-state index contributed by atoms with van der Waals surface area (Å²) in [5.41, 5.74) is 6.39. The normalized spacial score (nSPS) is 31.9. The summed E-state index contributed by atoms with van der Waals surface area (Å²) in [5, 5.41) is 0. The first-order valence-corrected chi connectivity index (χ1v) is 2.74. The Balaban J connectivity index is 2.37. The second kappa shape index (κ2) is 1.78. The van der Waals surface area contributed by atoms with Crippen LogP contribution < -0.4 is 5.73 Å². The minimum Gasteiger partial charge on any atom is -0.397 e. The molecule has 1 aliphatic carbocycles. The summed E-state index contributed by atoms with van der Waals surface area (Å²) >= 11 is 0. The number of nitrogens with two attached hydrogens (primary N) is 1. The molecule has 1 unspecified atom stereocenters. The molecule has 0 amide bonds. The third kappa shape index (κ3) is 0.842. The van der Waals surface area contributed by atoms with E-state index < -0.39 is 0 Å². The van der Waals surface area contributed by atoms with Crippen molar-refractivity contribution in [2.45, 2.75) is 12.5 Å². The fourth-order valence-corrected chi connectivity index (χ4v) is 0.799. The summed E-state index contributed by atoms with van der Waals surface area (Å²) in [7, 11) is 4.10. The van der Waals surface area contributed by atoms with Gasteiger partial charge in [-0.15, -0.1) is 0 Å². The Kier molecular flexibility index (Phi) is 1.26. The van der Waals surface area contributed by atoms with E-state index in [2.05, 4.69) is 25.2 Å². The summed E-state index contributed by atoms with van der Waals surface area (Å²) in [4.78, 5) is 2.15. The molecule has 2 nitrogen and oxygen atoms in total. The average molecular weight is 111 g/mol. The van der Waals surface area contributed by atoms with Crippen LogP contribution in [-0.4, -0.2) is 25.0 Å². The summed E-state index contributed by atoms with van der Waals surface area (Å²) in [6, 6.07) is 0.597. The zero-order chi connectivity index (χ0) is 6.15. The molecule has 1 aliphatic rings. The van der Waals surface area contributed by atoms with Crippen molar-refractivity contribution in [3.05, 3.63) is 11.8 Å². The Morgan fingerprint density at radius 1 is 1.75 bits per heavy atom. The van der Waals surface area contributed by atoms with Crippen LogP contribution in [0, 0.1) is 6.20 Å². The van der Waals surface area contributed by atoms with Gasteiger partial charge in [0.1, 0.15) is 0 Å². The number of hydrogen-bond acceptors (Lipinski definition) is 2. The van der Waals surface area contributed by atoms with Crippen molar-refractivity contribution < 1.29 is 0 Å². The Hall–Kier alpha value is -0.500. The molecule has 0 saturated heterocycles. The van der Waals surface area contributed by atoms with E-state index >= 15 is 0 Å². The van der Waals surface area contributed by atoms with Gasteiger partial charge in [0, 0.05) is 6.04 Å². The first kappa shape index (κ1) is 5.63. The molecule has 8 heavy (non-hydrogen) atoms. The Bertz CT molecular complexity index is 116. The largest absolute Gasteiger partial charge is 0.397 e. The maximum Gasteiger partial charge on any atom is 0.0556 e. The topological polar surface area (TPSA) is 29.3 Å². The smallest absolute Gasteiger partial charge is 0.0556 e. The van der Waals surface area contributed by atoms with Crippen molar-refractivity contribution in [1.29, 1.82) is 0 Å². The highest BCUT2D eigenvalue weighted by Crippen LogP contribution is 2.31. The summed E-state index contributed by atoms with van der Waals surface area (Å²) in [6.45, 7) is 0. The molecule has 1 atom stereocenters. The predicted octanol–water partition coefficient (Wildman–Crippen LogP) is -0.0339. The summed E-state index contributed by atoms with van der Waals surface area (Å²) < 4.78 is 0. The lowest BCUT2D eigenvalue weighted by atomic mass is 10.6. The lowest BCUT2D eigenvalue weighted by Gasteiger charge is -2.03. The van der Waals surface area contributed by atoms with Crippen LogP contribution in [0.3, 0.4) is 0 Å². The van der Waals surface area contributed by atoms with E-state index in [1.807, 2.05) is 0 Å². The van der Waals surface area contributed by atoms with Gasteiger partial charge in [-0.2, -0.15) is 0 Å². The van der Waals surface area contributed by atoms with Gasteiger partial charge < -0.3 is 10.6 Å². The molecular weight excluding hydrogens is 100 g/mol. The van der Waals surface area contributed by atoms with Gasteiger partial charge in [0.05, 0.1) is 6.20 Å². The fourth-order valence-electron chi connectivity index (χ4n) is 0.799. The van der Waals surface area contributed by atoms with Crippen molar-refractivity contribution in [2.75, 3.05) is 14.1 Å². The lowest BCUT2D eigenvalue weighted by Crippen LogP contribution is -2.13. The molecule has 1 radical (unpaired) electrons. The third-order valence-corrected chi connectivity index (χ3v) is 1.46. The first-order valence-electron chi connectivity index (χ1n) is 2.74. The molecule has 2 heteroatoms. The van der Waals surface area contributed by atoms with E-state index in [9.17, 15) is 0 Å². The molecule has 2 N–H and O–H groups in total. The van der Waals surface area contributed by atoms with Crippen molar-refractivity contribution >= 4 is 0 Å². The molecular formula is C6H11N2. The zero-order valence-corrected chi connectivity index (χ0v) is 5.31. The quantitative estimate of drug-likeness (QED) is 0.481. The van der Waals surface area contributed by atoms with Gasteiger partial charge in [-0.05, 0) is 26.1 Å². The number of hydrogen-bond donors (Lipinski definition) is 1. The molecule has 0 bridgehead atoms. The van der Waals surface area contributed by atoms with Gasteiger partial charge in [0.2, 0.25) is 0 Å². The van der Waals surface area contributed by atoms with Gasteiger partial charge >= 0.3 is 0 Å². The lowest BCUT2D eigenvalue weighted by molar-refractivity contribution is 0.409. The Morgan fingerprint density at radius 3 is 2.50 bits per heavy atom. The molecule has 0 aliphatic heterocycles. The van der Waals surface area contributed by atoms with Crippen molar-refractivity contribution in [2.24, 2.45) is 5.73 Å². The highest BCUT2D eigenvalue weighted by molar-refractivity contribution is 5.24. The molecule has 1 saturated carbocycles. The van der Waals surface area contributed by atoms with E-state index in [4.69, 9.17) is 5.73 Å². The standard InChI is InChI=1S/C6H11N2/c1-8(2)6-3-5(6)4-7/h6H,3,7H2,1-2H3. The van der Waals surface area contributed by atoms with Gasteiger partial charge in [0.15, 0.2) is 0 Å². The van der Waals surface area contributed by atoms with Crippen LogP contribution in [-0.2, 0) is 0 Å². The van der Waals surface area contributed by atoms with Crippen molar-refractivity contribution in [3.8, 4) is 0 Å². The minimum atomic E-state index is 0.597. The highest BCUT2D eigenvalue weighted by Gasteiger charge is 2.31. The van der Waals surface area contributed by atoms with E-state index in [-0.39, 0.29) is 0 Å². The van der Waals surface area contributed by atoms with Crippen LogP contribution in [0.2, 0.25) is 0 Å². The average Bonchev–Trinajstić information content (AvgIpc) is 2.42. The van der Waals surface area contributed by atoms with E-state index in [0.717, 1.165) is 6.42 Å². The number of rotatable bonds is 1. The van der Waals surface area contributed by atoms with Crippen LogP contribution >= 0.6 is 0 Å². The fraction of sp³-hybridized carbons (Fsp3) is 0.667. The van der Waals surface area contributed by atoms with Gasteiger partial charge in [-0.3, -0.25) is 0 Å². The Morgan fingerprint density at radius 2 is 2.38 bits per heavy atom. The van der Waals surface area contributed by atoms with Crippen LogP contribution in [0.1, 0.15) is 6.42 Å². The third-order valence-electron chi connectivity index (χ3n) is 1.46. The summed E-state index contributed by atoms with van der Waals surface area (Å²) in [5.74, 6) is 0. The van der Waals surface area contributed by atoms with Crippen LogP contribution in [0.5, 0.6) is 0 Å². The molecule has 1 fully saturated rings. The summed E-state index contributed by atoms with van der Waals surface area (Å²) in [6.07, 6.45) is 3.76. The molecule has 1 rings (SSSR count). The van der Waals surface area contributed by atoms with Crippen molar-refractivity contribution in [3.63, 3.8) is 0 Å². The molecule has 0 spiro atoms. The monoisotopic (exact) mass is 111 g/mol. The predicted molar refractivity (Wildman–Crippen MR) is 33.0 cm³/mol. The second-order valence-corrected chi connectivity index (χ2v) is 2.35. The van der Waals surface area contributed by atoms with Gasteiger partial charge in [-0.1, -0.05) is 0 Å². The van der Waals surface area contributed by atoms with Crippen LogP contribution in [0.25, 0.3) is 0 Å². The first-order chi connectivity index (χ1) is 3.75. The highest BCUT2D eigenvalue weighted by atomic mass is 15.1. The molecule has 0 heterocycles. The van der Waals surface area contributed by atoms with Crippen LogP contribution in [0.15, 0.2) is 5.57 Å². The van der Waals surface area contributed by atoms with Crippen molar-refractivity contribution in [1.82, 2.24) is 4.90 Å². The molecule has 0 aromatic heterocycles. The van der Waals surface area contributed by atoms with Gasteiger partial charge in [0.25, 0.3) is 0 Å². The Labute approximate surface area is 50.0 Å². The van der Waals surface area contributed by atoms with Crippen LogP contribution in [0.4, 0.5) is 0 Å². The van der Waals surface area contributed by atoms with E-state index in [1.165, 1.54) is 5.57 Å². The SMILES string of the molecule is CN(C)C1C/C1=[C]\N. The van der Waals surface area contributed by atoms with E-state index in [0.29, 0.717) is 6.04 Å². The minimum absolute atomic E-state index is 0.597. The van der Waals surface area contributed by atoms with Gasteiger partial charge in [-0.25, -0.2) is 0 Å². The molecule has 0 aromatic rings. The maximum atomic E-state index is 5.15. The second-order valence-electron chi connectivity index (χ2n) is 2.35.